The van der Waals surface area contributed by atoms with E-state index in [1.165, 1.54) is 122 Å². The molecule has 49 heavy (non-hydrogen) atoms. The highest BCUT2D eigenvalue weighted by Crippen LogP contribution is 2.31. The van der Waals surface area contributed by atoms with Crippen LogP contribution in [0.5, 0.6) is 0 Å². The maximum absolute atomic E-state index is 13.1. The molecule has 0 bridgehead atoms. The highest BCUT2D eigenvalue weighted by molar-refractivity contribution is 5.76. The Morgan fingerprint density at radius 1 is 0.694 bits per heavy atom. The van der Waals surface area contributed by atoms with Gasteiger partial charge in [0.15, 0.2) is 6.29 Å². The minimum absolute atomic E-state index is 0.150. The number of amides is 1. The standard InChI is InChI=1S/C40H75NO8/c1-3-5-7-9-11-13-15-17-19-21-23-31-25-27-34(43)33(30-48-40-39(47)38(46)37(45)35(29-42)49-40)41-36(44)28-26-32(31)24-22-20-18-16-14-12-10-8-6-4-2/h25,27,31-35,37-40,42-43,45-47H,3-24,26,28-30H2,1-2H3,(H,41,44)/b27-25+/t31?,32?,33-,34+,35-,37+,38?,39?,40+/m0/s1. The molecule has 0 saturated carbocycles. The fraction of sp³-hybridized carbons (Fsp3) is 0.925. The van der Waals surface area contributed by atoms with Crippen molar-refractivity contribution in [1.82, 2.24) is 5.32 Å². The molecule has 9 nitrogen and oxygen atoms in total. The number of carbonyl (C=O) groups excluding carboxylic acids is 1. The average molecular weight is 698 g/mol. The first-order chi connectivity index (χ1) is 23.8. The van der Waals surface area contributed by atoms with E-state index in [0.717, 1.165) is 25.7 Å². The number of allylic oxidation sites excluding steroid dienone is 1. The molecule has 1 amide bonds. The molecule has 0 aromatic heterocycles. The van der Waals surface area contributed by atoms with Crippen LogP contribution in [0.4, 0.5) is 0 Å². The Balaban J connectivity index is 1.95. The number of aliphatic hydroxyl groups excluding tert-OH is 5. The summed E-state index contributed by atoms with van der Waals surface area (Å²) in [6, 6.07) is -0.785. The van der Waals surface area contributed by atoms with Crippen molar-refractivity contribution in [3.05, 3.63) is 12.2 Å². The van der Waals surface area contributed by atoms with Crippen LogP contribution >= 0.6 is 0 Å². The van der Waals surface area contributed by atoms with Crippen LogP contribution in [0.15, 0.2) is 12.2 Å². The van der Waals surface area contributed by atoms with Crippen LogP contribution in [0.3, 0.4) is 0 Å². The second kappa shape index (κ2) is 27.6. The summed E-state index contributed by atoms with van der Waals surface area (Å²) in [5.74, 6) is 0.534. The molecule has 2 aliphatic rings. The largest absolute Gasteiger partial charge is 0.394 e. The smallest absolute Gasteiger partial charge is 0.220 e. The summed E-state index contributed by atoms with van der Waals surface area (Å²) in [5.41, 5.74) is 0. The Bertz CT molecular complexity index is 841. The van der Waals surface area contributed by atoms with Gasteiger partial charge in [-0.1, -0.05) is 154 Å². The van der Waals surface area contributed by atoms with E-state index >= 15 is 0 Å². The second-order valence-corrected chi connectivity index (χ2v) is 15.0. The van der Waals surface area contributed by atoms with Gasteiger partial charge in [-0.15, -0.1) is 0 Å². The summed E-state index contributed by atoms with van der Waals surface area (Å²) in [5, 5.41) is 54.2. The van der Waals surface area contributed by atoms with Gasteiger partial charge in [-0.2, -0.15) is 0 Å². The van der Waals surface area contributed by atoms with Gasteiger partial charge in [0.2, 0.25) is 5.91 Å². The number of rotatable bonds is 26. The second-order valence-electron chi connectivity index (χ2n) is 15.0. The molecule has 1 fully saturated rings. The topological polar surface area (TPSA) is 149 Å². The number of unbranched alkanes of at least 4 members (excludes halogenated alkanes) is 18. The third-order valence-electron chi connectivity index (χ3n) is 10.8. The quantitative estimate of drug-likeness (QED) is 0.0425. The van der Waals surface area contributed by atoms with E-state index in [9.17, 15) is 30.3 Å². The van der Waals surface area contributed by atoms with Gasteiger partial charge in [-0.25, -0.2) is 0 Å². The molecule has 2 aliphatic heterocycles. The molecule has 288 valence electrons. The number of hydrogen-bond acceptors (Lipinski definition) is 8. The zero-order valence-electron chi connectivity index (χ0n) is 31.2. The zero-order chi connectivity index (χ0) is 35.7. The van der Waals surface area contributed by atoms with Crippen LogP contribution in [0.25, 0.3) is 0 Å². The lowest BCUT2D eigenvalue weighted by molar-refractivity contribution is -0.302. The Morgan fingerprint density at radius 2 is 1.20 bits per heavy atom. The van der Waals surface area contributed by atoms with Gasteiger partial charge in [0, 0.05) is 6.42 Å². The van der Waals surface area contributed by atoms with Crippen LogP contribution in [-0.4, -0.2) is 87.5 Å². The number of carbonyl (C=O) groups is 1. The first-order valence-electron chi connectivity index (χ1n) is 20.4. The van der Waals surface area contributed by atoms with E-state index in [4.69, 9.17) is 9.47 Å². The molecule has 0 aliphatic carbocycles. The third kappa shape index (κ3) is 18.3. The fourth-order valence-corrected chi connectivity index (χ4v) is 7.44. The normalized spacial score (nSPS) is 30.3. The molecule has 0 spiro atoms. The lowest BCUT2D eigenvalue weighted by Gasteiger charge is -2.40. The van der Waals surface area contributed by atoms with E-state index in [-0.39, 0.29) is 12.5 Å². The molecule has 0 aromatic rings. The van der Waals surface area contributed by atoms with Gasteiger partial charge >= 0.3 is 0 Å². The lowest BCUT2D eigenvalue weighted by Crippen LogP contribution is -2.60. The maximum atomic E-state index is 13.1. The van der Waals surface area contributed by atoms with Gasteiger partial charge in [0.05, 0.1) is 25.4 Å². The SMILES string of the molecule is CCCCCCCCCCCCC1/C=C/[C@@H](O)[C@H](CO[C@@H]2O[C@@H](CO)[C@@H](O)C(O)C2O)NC(=O)CCC1CCCCCCCCCCCC. The van der Waals surface area contributed by atoms with Crippen molar-refractivity contribution in [2.45, 2.75) is 211 Å². The predicted octanol–water partition coefficient (Wildman–Crippen LogP) is 6.85. The summed E-state index contributed by atoms with van der Waals surface area (Å²) >= 11 is 0. The van der Waals surface area contributed by atoms with Crippen LogP contribution in [0.1, 0.15) is 168 Å². The molecule has 2 heterocycles. The van der Waals surface area contributed by atoms with Crippen LogP contribution in [0, 0.1) is 11.8 Å². The van der Waals surface area contributed by atoms with Crippen LogP contribution in [0.2, 0.25) is 0 Å². The molecule has 0 radical (unpaired) electrons. The Hall–Kier alpha value is -1.07. The third-order valence-corrected chi connectivity index (χ3v) is 10.8. The van der Waals surface area contributed by atoms with Gasteiger partial charge in [0.1, 0.15) is 24.4 Å². The summed E-state index contributed by atoms with van der Waals surface area (Å²) < 4.78 is 11.2. The van der Waals surface area contributed by atoms with Crippen LogP contribution < -0.4 is 5.32 Å². The molecular formula is C40H75NO8. The van der Waals surface area contributed by atoms with E-state index in [2.05, 4.69) is 25.2 Å². The molecule has 2 rings (SSSR count). The van der Waals surface area contributed by atoms with Crippen molar-refractivity contribution in [3.8, 4) is 0 Å². The van der Waals surface area contributed by atoms with Crippen molar-refractivity contribution in [2.75, 3.05) is 13.2 Å². The Kier molecular flexibility index (Phi) is 24.8. The van der Waals surface area contributed by atoms with Gasteiger partial charge in [-0.3, -0.25) is 4.79 Å². The van der Waals surface area contributed by atoms with Gasteiger partial charge < -0.3 is 40.3 Å². The minimum Gasteiger partial charge on any atom is -0.394 e. The molecule has 1 saturated heterocycles. The number of nitrogens with one attached hydrogen (secondary N) is 1. The highest BCUT2D eigenvalue weighted by Gasteiger charge is 2.44. The zero-order valence-corrected chi connectivity index (χ0v) is 31.2. The molecule has 4 unspecified atom stereocenters. The van der Waals surface area contributed by atoms with Gasteiger partial charge in [0.25, 0.3) is 0 Å². The van der Waals surface area contributed by atoms with E-state index in [0.29, 0.717) is 18.3 Å². The van der Waals surface area contributed by atoms with Gasteiger partial charge in [-0.05, 0) is 31.1 Å². The van der Waals surface area contributed by atoms with Crippen molar-refractivity contribution >= 4 is 5.91 Å². The Labute approximate surface area is 298 Å². The average Bonchev–Trinajstić information content (AvgIpc) is 3.10. The number of hydrogen-bond donors (Lipinski definition) is 6. The summed E-state index contributed by atoms with van der Waals surface area (Å²) in [6.45, 7) is 3.78. The monoisotopic (exact) mass is 698 g/mol. The summed E-state index contributed by atoms with van der Waals surface area (Å²) in [7, 11) is 0. The number of aliphatic hydroxyl groups is 5. The van der Waals surface area contributed by atoms with Crippen molar-refractivity contribution < 1.29 is 39.8 Å². The van der Waals surface area contributed by atoms with Crippen molar-refractivity contribution in [3.63, 3.8) is 0 Å². The Morgan fingerprint density at radius 3 is 1.73 bits per heavy atom. The molecule has 9 atom stereocenters. The molecule has 6 N–H and O–H groups in total. The predicted molar refractivity (Wildman–Crippen MR) is 196 cm³/mol. The number of ether oxygens (including phenoxy) is 2. The summed E-state index contributed by atoms with van der Waals surface area (Å²) in [6.07, 6.45) is 25.2. The van der Waals surface area contributed by atoms with Crippen LogP contribution in [-0.2, 0) is 14.3 Å². The first-order valence-corrected chi connectivity index (χ1v) is 20.4. The molecular weight excluding hydrogens is 622 g/mol. The van der Waals surface area contributed by atoms with Crippen molar-refractivity contribution in [1.29, 1.82) is 0 Å². The van der Waals surface area contributed by atoms with E-state index < -0.39 is 49.5 Å². The van der Waals surface area contributed by atoms with E-state index in [1.807, 2.05) is 0 Å². The maximum Gasteiger partial charge on any atom is 0.220 e. The highest BCUT2D eigenvalue weighted by atomic mass is 16.7. The fourth-order valence-electron chi connectivity index (χ4n) is 7.44. The van der Waals surface area contributed by atoms with Crippen molar-refractivity contribution in [2.24, 2.45) is 11.8 Å². The summed E-state index contributed by atoms with van der Waals surface area (Å²) in [4.78, 5) is 13.1. The minimum atomic E-state index is -1.56. The molecule has 0 aromatic carbocycles. The first kappa shape index (κ1) is 44.1. The molecule has 9 heteroatoms. The van der Waals surface area contributed by atoms with E-state index in [1.54, 1.807) is 6.08 Å². The lowest BCUT2D eigenvalue weighted by atomic mass is 9.80.